The predicted octanol–water partition coefficient (Wildman–Crippen LogP) is 4.53. The van der Waals surface area contributed by atoms with Crippen molar-refractivity contribution in [3.63, 3.8) is 0 Å². The monoisotopic (exact) mass is 429 g/mol. The zero-order chi connectivity index (χ0) is 20.2. The number of methoxy groups -OCH3 is 1. The highest BCUT2D eigenvalue weighted by Crippen LogP contribution is 2.33. The molecule has 5 nitrogen and oxygen atoms in total. The number of ether oxygens (including phenoxy) is 1. The number of anilines is 1. The summed E-state index contributed by atoms with van der Waals surface area (Å²) in [5.41, 5.74) is 2.14. The van der Waals surface area contributed by atoms with E-state index in [0.29, 0.717) is 13.1 Å². The lowest BCUT2D eigenvalue weighted by molar-refractivity contribution is -0.125. The van der Waals surface area contributed by atoms with E-state index in [-0.39, 0.29) is 11.8 Å². The number of carbonyl (C=O) groups is 1. The Labute approximate surface area is 179 Å². The molecule has 4 rings (SSSR count). The third-order valence-electron chi connectivity index (χ3n) is 5.27. The van der Waals surface area contributed by atoms with Crippen LogP contribution in [0.5, 0.6) is 5.75 Å². The van der Waals surface area contributed by atoms with Crippen LogP contribution in [0, 0.1) is 5.92 Å². The molecule has 152 valence electrons. The molecule has 0 aliphatic carbocycles. The molecular weight excluding hydrogens is 406 g/mol. The number of carbonyl (C=O) groups excluding carboxylic acids is 1. The maximum absolute atomic E-state index is 12.7. The number of aromatic nitrogens is 1. The van der Waals surface area contributed by atoms with Crippen LogP contribution >= 0.6 is 22.9 Å². The van der Waals surface area contributed by atoms with Crippen molar-refractivity contribution in [2.45, 2.75) is 19.3 Å². The molecule has 7 heteroatoms. The maximum Gasteiger partial charge on any atom is 0.224 e. The Morgan fingerprint density at radius 2 is 2.14 bits per heavy atom. The lowest BCUT2D eigenvalue weighted by Crippen LogP contribution is -2.43. The van der Waals surface area contributed by atoms with Crippen LogP contribution in [0.1, 0.15) is 18.4 Å². The number of hydrogen-bond acceptors (Lipinski definition) is 5. The molecule has 1 fully saturated rings. The normalized spacial score (nSPS) is 16.8. The molecule has 2 heterocycles. The minimum Gasteiger partial charge on any atom is -0.497 e. The molecule has 1 atom stereocenters. The SMILES string of the molecule is COc1ccc2nc(N3CCCC(C(=O)NCCc4ccc(Cl)cc4)C3)sc2c1. The van der Waals surface area contributed by atoms with Crippen LogP contribution in [0.4, 0.5) is 5.13 Å². The van der Waals surface area contributed by atoms with E-state index in [1.54, 1.807) is 18.4 Å². The number of nitrogens with zero attached hydrogens (tertiary/aromatic N) is 2. The highest BCUT2D eigenvalue weighted by Gasteiger charge is 2.27. The first-order valence-electron chi connectivity index (χ1n) is 9.84. The molecule has 0 bridgehead atoms. The molecule has 1 unspecified atom stereocenters. The number of rotatable bonds is 6. The first-order chi connectivity index (χ1) is 14.1. The third kappa shape index (κ3) is 4.82. The fraction of sp³-hybridized carbons (Fsp3) is 0.364. The average molecular weight is 430 g/mol. The molecule has 0 spiro atoms. The van der Waals surface area contributed by atoms with Gasteiger partial charge in [0, 0.05) is 24.7 Å². The molecule has 29 heavy (non-hydrogen) atoms. The van der Waals surface area contributed by atoms with E-state index in [1.165, 1.54) is 5.56 Å². The summed E-state index contributed by atoms with van der Waals surface area (Å²) in [5.74, 6) is 0.964. The van der Waals surface area contributed by atoms with E-state index in [1.807, 2.05) is 42.5 Å². The number of fused-ring (bicyclic) bond motifs is 1. The highest BCUT2D eigenvalue weighted by atomic mass is 35.5. The Balaban J connectivity index is 1.35. The third-order valence-corrected chi connectivity index (χ3v) is 6.60. The number of halogens is 1. The van der Waals surface area contributed by atoms with Gasteiger partial charge in [-0.1, -0.05) is 35.1 Å². The Morgan fingerprint density at radius 3 is 2.93 bits per heavy atom. The second-order valence-electron chi connectivity index (χ2n) is 7.28. The molecule has 0 radical (unpaired) electrons. The first-order valence-corrected chi connectivity index (χ1v) is 11.0. The summed E-state index contributed by atoms with van der Waals surface area (Å²) in [5, 5.41) is 4.81. The maximum atomic E-state index is 12.7. The van der Waals surface area contributed by atoms with Crippen molar-refractivity contribution in [3.8, 4) is 5.75 Å². The van der Waals surface area contributed by atoms with Crippen molar-refractivity contribution in [2.24, 2.45) is 5.92 Å². The number of amides is 1. The van der Waals surface area contributed by atoms with E-state index in [9.17, 15) is 4.79 Å². The number of hydrogen-bond donors (Lipinski definition) is 1. The van der Waals surface area contributed by atoms with E-state index in [2.05, 4.69) is 10.2 Å². The summed E-state index contributed by atoms with van der Waals surface area (Å²) in [4.78, 5) is 19.7. The number of benzene rings is 2. The lowest BCUT2D eigenvalue weighted by Gasteiger charge is -2.31. The number of piperidine rings is 1. The summed E-state index contributed by atoms with van der Waals surface area (Å²) in [7, 11) is 1.67. The summed E-state index contributed by atoms with van der Waals surface area (Å²) in [6.45, 7) is 2.28. The molecule has 0 saturated carbocycles. The lowest BCUT2D eigenvalue weighted by atomic mass is 9.97. The quantitative estimate of drug-likeness (QED) is 0.625. The van der Waals surface area contributed by atoms with Gasteiger partial charge in [0.15, 0.2) is 5.13 Å². The molecule has 1 aliphatic heterocycles. The zero-order valence-electron chi connectivity index (χ0n) is 16.4. The van der Waals surface area contributed by atoms with Gasteiger partial charge < -0.3 is 15.0 Å². The van der Waals surface area contributed by atoms with Crippen LogP contribution in [0.25, 0.3) is 10.2 Å². The number of thiazole rings is 1. The molecule has 1 aromatic heterocycles. The first kappa shape index (κ1) is 20.0. The topological polar surface area (TPSA) is 54.5 Å². The molecule has 1 N–H and O–H groups in total. The molecule has 1 saturated heterocycles. The van der Waals surface area contributed by atoms with E-state index >= 15 is 0 Å². The summed E-state index contributed by atoms with van der Waals surface area (Å²) < 4.78 is 6.41. The molecule has 1 aliphatic rings. The van der Waals surface area contributed by atoms with E-state index < -0.39 is 0 Å². The fourth-order valence-corrected chi connectivity index (χ4v) is 4.80. The standard InChI is InChI=1S/C22H24ClN3O2S/c1-28-18-8-9-19-20(13-18)29-22(25-19)26-12-2-3-16(14-26)21(27)24-11-10-15-4-6-17(23)7-5-15/h4-9,13,16H,2-3,10-12,14H2,1H3,(H,24,27). The van der Waals surface area contributed by atoms with Crippen molar-refractivity contribution in [1.29, 1.82) is 0 Å². The van der Waals surface area contributed by atoms with E-state index in [4.69, 9.17) is 21.3 Å². The van der Waals surface area contributed by atoms with Crippen molar-refractivity contribution in [1.82, 2.24) is 10.3 Å². The second-order valence-corrected chi connectivity index (χ2v) is 8.73. The van der Waals surface area contributed by atoms with Crippen molar-refractivity contribution < 1.29 is 9.53 Å². The molecule has 2 aromatic carbocycles. The minimum atomic E-state index is -0.00415. The van der Waals surface area contributed by atoms with Crippen molar-refractivity contribution >= 4 is 44.2 Å². The van der Waals surface area contributed by atoms with Gasteiger partial charge in [-0.2, -0.15) is 0 Å². The van der Waals surface area contributed by atoms with Crippen LogP contribution in [0.2, 0.25) is 5.02 Å². The van der Waals surface area contributed by atoms with Crippen molar-refractivity contribution in [3.05, 3.63) is 53.1 Å². The van der Waals surface area contributed by atoms with Gasteiger partial charge in [0.05, 0.1) is 23.2 Å². The van der Waals surface area contributed by atoms with E-state index in [0.717, 1.165) is 51.9 Å². The summed E-state index contributed by atoms with van der Waals surface area (Å²) in [6.07, 6.45) is 2.72. The van der Waals surface area contributed by atoms with Crippen LogP contribution in [0.15, 0.2) is 42.5 Å². The molecule has 1 amide bonds. The smallest absolute Gasteiger partial charge is 0.224 e. The van der Waals surface area contributed by atoms with Gasteiger partial charge in [-0.25, -0.2) is 4.98 Å². The highest BCUT2D eigenvalue weighted by molar-refractivity contribution is 7.22. The Morgan fingerprint density at radius 1 is 1.31 bits per heavy atom. The minimum absolute atomic E-state index is 0.00415. The average Bonchev–Trinajstić information content (AvgIpc) is 3.18. The second kappa shape index (κ2) is 9.01. The van der Waals surface area contributed by atoms with Gasteiger partial charge in [0.2, 0.25) is 5.91 Å². The number of nitrogens with one attached hydrogen (secondary N) is 1. The largest absolute Gasteiger partial charge is 0.497 e. The zero-order valence-corrected chi connectivity index (χ0v) is 17.9. The van der Waals surface area contributed by atoms with Gasteiger partial charge in [0.25, 0.3) is 0 Å². The summed E-state index contributed by atoms with van der Waals surface area (Å²) >= 11 is 7.57. The van der Waals surface area contributed by atoms with Crippen LogP contribution in [0.3, 0.4) is 0 Å². The van der Waals surface area contributed by atoms with Gasteiger partial charge in [0.1, 0.15) is 5.75 Å². The van der Waals surface area contributed by atoms with Crippen LogP contribution < -0.4 is 15.0 Å². The van der Waals surface area contributed by atoms with Gasteiger partial charge in [-0.3, -0.25) is 4.79 Å². The summed E-state index contributed by atoms with van der Waals surface area (Å²) in [6, 6.07) is 13.7. The Hall–Kier alpha value is -2.31. The van der Waals surface area contributed by atoms with Gasteiger partial charge in [-0.05, 0) is 55.2 Å². The predicted molar refractivity (Wildman–Crippen MR) is 119 cm³/mol. The molecule has 3 aromatic rings. The Bertz CT molecular complexity index is 989. The van der Waals surface area contributed by atoms with Gasteiger partial charge in [-0.15, -0.1) is 0 Å². The van der Waals surface area contributed by atoms with Crippen LogP contribution in [-0.2, 0) is 11.2 Å². The van der Waals surface area contributed by atoms with Gasteiger partial charge >= 0.3 is 0 Å². The molecular formula is C22H24ClN3O2S. The van der Waals surface area contributed by atoms with Crippen molar-refractivity contribution in [2.75, 3.05) is 31.6 Å². The fourth-order valence-electron chi connectivity index (χ4n) is 3.65. The Kier molecular flexibility index (Phi) is 6.21. The van der Waals surface area contributed by atoms with Crippen LogP contribution in [-0.4, -0.2) is 37.6 Å².